The molecule has 1 saturated carbocycles. The fourth-order valence-corrected chi connectivity index (χ4v) is 4.09. The largest absolute Gasteiger partial charge is 0.490 e. The Morgan fingerprint density at radius 1 is 1.21 bits per heavy atom. The van der Waals surface area contributed by atoms with Crippen molar-refractivity contribution in [2.45, 2.75) is 63.6 Å². The van der Waals surface area contributed by atoms with Crippen molar-refractivity contribution < 1.29 is 4.74 Å². The molecule has 24 heavy (non-hydrogen) atoms. The van der Waals surface area contributed by atoms with E-state index in [0.717, 1.165) is 18.7 Å². The van der Waals surface area contributed by atoms with Crippen LogP contribution in [0.4, 0.5) is 0 Å². The lowest BCUT2D eigenvalue weighted by Gasteiger charge is -2.24. The molecule has 0 aliphatic heterocycles. The quantitative estimate of drug-likeness (QED) is 0.906. The summed E-state index contributed by atoms with van der Waals surface area (Å²) >= 11 is 0. The highest BCUT2D eigenvalue weighted by Crippen LogP contribution is 2.30. The van der Waals surface area contributed by atoms with Gasteiger partial charge in [0.25, 0.3) is 0 Å². The average molecular weight is 325 g/mol. The Kier molecular flexibility index (Phi) is 4.56. The predicted octanol–water partition coefficient (Wildman–Crippen LogP) is 3.91. The van der Waals surface area contributed by atoms with Crippen LogP contribution >= 0.6 is 0 Å². The van der Waals surface area contributed by atoms with Gasteiger partial charge in [-0.1, -0.05) is 12.1 Å². The Labute approximate surface area is 144 Å². The Morgan fingerprint density at radius 2 is 2.08 bits per heavy atom. The molecule has 0 unspecified atom stereocenters. The van der Waals surface area contributed by atoms with Crippen LogP contribution in [0, 0.1) is 0 Å². The minimum atomic E-state index is 0.418. The molecule has 0 spiro atoms. The van der Waals surface area contributed by atoms with Crippen molar-refractivity contribution in [2.75, 3.05) is 0 Å². The van der Waals surface area contributed by atoms with Gasteiger partial charge in [-0.2, -0.15) is 5.10 Å². The van der Waals surface area contributed by atoms with E-state index in [-0.39, 0.29) is 0 Å². The molecule has 2 aromatic rings. The summed E-state index contributed by atoms with van der Waals surface area (Å²) < 4.78 is 8.15. The zero-order chi connectivity index (χ0) is 16.4. The maximum absolute atomic E-state index is 6.13. The SMILES string of the molecule is Cn1ncc2c1CCC[C@@H]2NCc1cccc(OC2CCCC2)c1. The van der Waals surface area contributed by atoms with Gasteiger partial charge in [0.2, 0.25) is 0 Å². The number of fused-ring (bicyclic) bond motifs is 1. The topological polar surface area (TPSA) is 39.1 Å². The maximum Gasteiger partial charge on any atom is 0.120 e. The lowest BCUT2D eigenvalue weighted by atomic mass is 9.93. The highest BCUT2D eigenvalue weighted by molar-refractivity contribution is 5.29. The number of aryl methyl sites for hydroxylation is 1. The van der Waals surface area contributed by atoms with Gasteiger partial charge in [0, 0.05) is 30.9 Å². The maximum atomic E-state index is 6.13. The van der Waals surface area contributed by atoms with E-state index in [4.69, 9.17) is 4.74 Å². The van der Waals surface area contributed by atoms with Gasteiger partial charge < -0.3 is 10.1 Å². The first-order chi connectivity index (χ1) is 11.8. The van der Waals surface area contributed by atoms with Crippen molar-refractivity contribution in [2.24, 2.45) is 7.05 Å². The molecule has 1 heterocycles. The number of ether oxygens (including phenoxy) is 1. The van der Waals surface area contributed by atoms with Crippen LogP contribution in [-0.4, -0.2) is 15.9 Å². The van der Waals surface area contributed by atoms with Gasteiger partial charge in [-0.05, 0) is 62.6 Å². The second-order valence-corrected chi connectivity index (χ2v) is 7.17. The molecule has 4 rings (SSSR count). The Balaban J connectivity index is 1.39. The second-order valence-electron chi connectivity index (χ2n) is 7.17. The monoisotopic (exact) mass is 325 g/mol. The van der Waals surface area contributed by atoms with Crippen LogP contribution in [0.1, 0.15) is 61.4 Å². The van der Waals surface area contributed by atoms with E-state index in [0.29, 0.717) is 12.1 Å². The molecule has 2 aliphatic rings. The van der Waals surface area contributed by atoms with Crippen LogP contribution in [0.3, 0.4) is 0 Å². The van der Waals surface area contributed by atoms with E-state index < -0.39 is 0 Å². The number of rotatable bonds is 5. The Hall–Kier alpha value is -1.81. The van der Waals surface area contributed by atoms with E-state index in [9.17, 15) is 0 Å². The minimum Gasteiger partial charge on any atom is -0.490 e. The molecule has 1 N–H and O–H groups in total. The molecule has 1 aromatic heterocycles. The van der Waals surface area contributed by atoms with E-state index in [2.05, 4.69) is 34.7 Å². The minimum absolute atomic E-state index is 0.418. The van der Waals surface area contributed by atoms with Crippen molar-refractivity contribution in [3.05, 3.63) is 47.3 Å². The summed E-state index contributed by atoms with van der Waals surface area (Å²) in [4.78, 5) is 0. The van der Waals surface area contributed by atoms with Crippen LogP contribution in [0.2, 0.25) is 0 Å². The van der Waals surface area contributed by atoms with Gasteiger partial charge >= 0.3 is 0 Å². The average Bonchev–Trinajstić information content (AvgIpc) is 3.24. The first kappa shape index (κ1) is 15.7. The van der Waals surface area contributed by atoms with Gasteiger partial charge in [0.1, 0.15) is 5.75 Å². The van der Waals surface area contributed by atoms with Crippen molar-refractivity contribution in [3.63, 3.8) is 0 Å². The zero-order valence-electron chi connectivity index (χ0n) is 14.5. The van der Waals surface area contributed by atoms with E-state index in [1.807, 2.05) is 17.9 Å². The molecule has 0 amide bonds. The summed E-state index contributed by atoms with van der Waals surface area (Å²) in [5.74, 6) is 1.02. The summed E-state index contributed by atoms with van der Waals surface area (Å²) in [7, 11) is 2.05. The molecule has 1 atom stereocenters. The summed E-state index contributed by atoms with van der Waals surface area (Å²) in [6, 6.07) is 8.99. The molecule has 1 aromatic carbocycles. The van der Waals surface area contributed by atoms with Crippen molar-refractivity contribution in [1.29, 1.82) is 0 Å². The molecular formula is C20H27N3O. The van der Waals surface area contributed by atoms with Crippen LogP contribution in [0.15, 0.2) is 30.5 Å². The smallest absolute Gasteiger partial charge is 0.120 e. The standard InChI is InChI=1S/C20H27N3O/c1-23-20-11-5-10-19(18(20)14-22-23)21-13-15-6-4-9-17(12-15)24-16-7-2-3-8-16/h4,6,9,12,14,16,19,21H,2-3,5,7-8,10-11,13H2,1H3/t19-/m0/s1. The fraction of sp³-hybridized carbons (Fsp3) is 0.550. The molecule has 2 aliphatic carbocycles. The molecular weight excluding hydrogens is 298 g/mol. The van der Waals surface area contributed by atoms with Gasteiger partial charge in [-0.25, -0.2) is 0 Å². The van der Waals surface area contributed by atoms with Crippen molar-refractivity contribution in [3.8, 4) is 5.75 Å². The molecule has 4 nitrogen and oxygen atoms in total. The fourth-order valence-electron chi connectivity index (χ4n) is 4.09. The van der Waals surface area contributed by atoms with Crippen LogP contribution in [0.5, 0.6) is 5.75 Å². The van der Waals surface area contributed by atoms with Gasteiger partial charge in [0.15, 0.2) is 0 Å². The third kappa shape index (κ3) is 3.34. The zero-order valence-corrected chi connectivity index (χ0v) is 14.5. The lowest BCUT2D eigenvalue weighted by molar-refractivity contribution is 0.210. The van der Waals surface area contributed by atoms with Crippen LogP contribution in [0.25, 0.3) is 0 Å². The number of benzene rings is 1. The van der Waals surface area contributed by atoms with Gasteiger partial charge in [0.05, 0.1) is 12.3 Å². The number of nitrogens with one attached hydrogen (secondary N) is 1. The number of nitrogens with zero attached hydrogens (tertiary/aromatic N) is 2. The summed E-state index contributed by atoms with van der Waals surface area (Å²) in [6.07, 6.45) is 11.0. The van der Waals surface area contributed by atoms with Crippen LogP contribution in [-0.2, 0) is 20.0 Å². The normalized spacial score (nSPS) is 21.0. The van der Waals surface area contributed by atoms with Gasteiger partial charge in [-0.3, -0.25) is 4.68 Å². The molecule has 0 saturated heterocycles. The highest BCUT2D eigenvalue weighted by Gasteiger charge is 2.23. The Morgan fingerprint density at radius 3 is 2.96 bits per heavy atom. The Bertz CT molecular complexity index is 688. The number of hydrogen-bond acceptors (Lipinski definition) is 3. The van der Waals surface area contributed by atoms with E-state index in [1.54, 1.807) is 0 Å². The summed E-state index contributed by atoms with van der Waals surface area (Å²) in [6.45, 7) is 0.876. The molecule has 128 valence electrons. The molecule has 4 heteroatoms. The van der Waals surface area contributed by atoms with Crippen molar-refractivity contribution >= 4 is 0 Å². The molecule has 1 fully saturated rings. The second kappa shape index (κ2) is 6.98. The number of aromatic nitrogens is 2. The molecule has 0 bridgehead atoms. The highest BCUT2D eigenvalue weighted by atomic mass is 16.5. The van der Waals surface area contributed by atoms with Crippen LogP contribution < -0.4 is 10.1 Å². The number of hydrogen-bond donors (Lipinski definition) is 1. The predicted molar refractivity (Wildman–Crippen MR) is 95.1 cm³/mol. The van der Waals surface area contributed by atoms with Gasteiger partial charge in [-0.15, -0.1) is 0 Å². The third-order valence-electron chi connectivity index (χ3n) is 5.43. The first-order valence-corrected chi connectivity index (χ1v) is 9.29. The first-order valence-electron chi connectivity index (χ1n) is 9.29. The van der Waals surface area contributed by atoms with E-state index >= 15 is 0 Å². The third-order valence-corrected chi connectivity index (χ3v) is 5.43. The lowest BCUT2D eigenvalue weighted by Crippen LogP contribution is -2.25. The van der Waals surface area contributed by atoms with E-state index in [1.165, 1.54) is 55.3 Å². The molecule has 0 radical (unpaired) electrons. The summed E-state index contributed by atoms with van der Waals surface area (Å²) in [5, 5.41) is 8.15. The summed E-state index contributed by atoms with van der Waals surface area (Å²) in [5.41, 5.74) is 4.06. The van der Waals surface area contributed by atoms with Crippen molar-refractivity contribution in [1.82, 2.24) is 15.1 Å².